The molecule has 0 radical (unpaired) electrons. The summed E-state index contributed by atoms with van der Waals surface area (Å²) >= 11 is 0. The monoisotopic (exact) mass is 245 g/mol. The maximum atomic E-state index is 9.37. The SMILES string of the molecule is Br.N[C@H]1c2ccccc2OC[C@H]1O. The van der Waals surface area contributed by atoms with E-state index < -0.39 is 6.10 Å². The quantitative estimate of drug-likeness (QED) is 0.718. The van der Waals surface area contributed by atoms with E-state index in [1.54, 1.807) is 0 Å². The molecular weight excluding hydrogens is 234 g/mol. The van der Waals surface area contributed by atoms with Crippen LogP contribution >= 0.6 is 17.0 Å². The number of hydrogen-bond donors (Lipinski definition) is 2. The molecule has 1 aromatic carbocycles. The predicted molar refractivity (Wildman–Crippen MR) is 55.2 cm³/mol. The summed E-state index contributed by atoms with van der Waals surface area (Å²) in [5.74, 6) is 0.787. The van der Waals surface area contributed by atoms with Gasteiger partial charge in [0.25, 0.3) is 0 Å². The molecule has 0 aliphatic carbocycles. The van der Waals surface area contributed by atoms with Gasteiger partial charge in [-0.2, -0.15) is 0 Å². The highest BCUT2D eigenvalue weighted by molar-refractivity contribution is 8.93. The minimum absolute atomic E-state index is 0. The number of aliphatic hydroxyl groups excluding tert-OH is 1. The second-order valence-electron chi connectivity index (χ2n) is 2.94. The van der Waals surface area contributed by atoms with E-state index >= 15 is 0 Å². The van der Waals surface area contributed by atoms with Gasteiger partial charge in [0.05, 0.1) is 6.04 Å². The zero-order chi connectivity index (χ0) is 8.55. The van der Waals surface area contributed by atoms with Crippen molar-refractivity contribution >= 4 is 17.0 Å². The standard InChI is InChI=1S/C9H11NO2.BrH/c10-9-6-3-1-2-4-8(6)12-5-7(9)11;/h1-4,7,9,11H,5,10H2;1H/t7-,9+;/m1./s1. The first-order valence-corrected chi connectivity index (χ1v) is 3.94. The van der Waals surface area contributed by atoms with Crippen LogP contribution in [0.5, 0.6) is 5.75 Å². The first-order chi connectivity index (χ1) is 5.79. The molecule has 0 fully saturated rings. The highest BCUT2D eigenvalue weighted by Gasteiger charge is 2.25. The zero-order valence-corrected chi connectivity index (χ0v) is 8.73. The third-order valence-electron chi connectivity index (χ3n) is 2.10. The van der Waals surface area contributed by atoms with Gasteiger partial charge in [0, 0.05) is 5.56 Å². The minimum atomic E-state index is -0.583. The Labute approximate surface area is 87.3 Å². The van der Waals surface area contributed by atoms with Gasteiger partial charge in [0.2, 0.25) is 0 Å². The Morgan fingerprint density at radius 1 is 1.38 bits per heavy atom. The second kappa shape index (κ2) is 4.09. The van der Waals surface area contributed by atoms with E-state index in [0.29, 0.717) is 0 Å². The first-order valence-electron chi connectivity index (χ1n) is 3.94. The molecule has 13 heavy (non-hydrogen) atoms. The van der Waals surface area contributed by atoms with Crippen LogP contribution in [0.15, 0.2) is 24.3 Å². The van der Waals surface area contributed by atoms with E-state index in [-0.39, 0.29) is 29.6 Å². The summed E-state index contributed by atoms with van der Waals surface area (Å²) in [6.45, 7) is 0.290. The lowest BCUT2D eigenvalue weighted by atomic mass is 9.99. The van der Waals surface area contributed by atoms with Crippen molar-refractivity contribution in [1.29, 1.82) is 0 Å². The lowest BCUT2D eigenvalue weighted by molar-refractivity contribution is 0.0679. The third-order valence-corrected chi connectivity index (χ3v) is 2.10. The van der Waals surface area contributed by atoms with Crippen LogP contribution in [0.2, 0.25) is 0 Å². The van der Waals surface area contributed by atoms with Gasteiger partial charge in [-0.1, -0.05) is 18.2 Å². The molecule has 0 saturated heterocycles. The summed E-state index contributed by atoms with van der Waals surface area (Å²) in [5.41, 5.74) is 6.65. The average molecular weight is 246 g/mol. The van der Waals surface area contributed by atoms with Gasteiger partial charge in [-0.3, -0.25) is 0 Å². The number of rotatable bonds is 0. The maximum absolute atomic E-state index is 9.37. The lowest BCUT2D eigenvalue weighted by Crippen LogP contribution is -2.35. The Bertz CT molecular complexity index is 293. The molecule has 72 valence electrons. The van der Waals surface area contributed by atoms with E-state index in [0.717, 1.165) is 11.3 Å². The van der Waals surface area contributed by atoms with Crippen LogP contribution in [0.3, 0.4) is 0 Å². The largest absolute Gasteiger partial charge is 0.490 e. The number of hydrogen-bond acceptors (Lipinski definition) is 3. The summed E-state index contributed by atoms with van der Waals surface area (Å²) in [4.78, 5) is 0. The Morgan fingerprint density at radius 2 is 2.08 bits per heavy atom. The number of aliphatic hydroxyl groups is 1. The van der Waals surface area contributed by atoms with Gasteiger partial charge in [-0.25, -0.2) is 0 Å². The van der Waals surface area contributed by atoms with Crippen LogP contribution < -0.4 is 10.5 Å². The number of fused-ring (bicyclic) bond motifs is 1. The van der Waals surface area contributed by atoms with Crippen LogP contribution in [-0.2, 0) is 0 Å². The lowest BCUT2D eigenvalue weighted by Gasteiger charge is -2.27. The number of ether oxygens (including phenoxy) is 1. The molecule has 0 amide bonds. The van der Waals surface area contributed by atoms with Crippen LogP contribution in [-0.4, -0.2) is 17.8 Å². The van der Waals surface area contributed by atoms with Crippen LogP contribution in [0.4, 0.5) is 0 Å². The van der Waals surface area contributed by atoms with Crippen LogP contribution in [0.25, 0.3) is 0 Å². The average Bonchev–Trinajstić information content (AvgIpc) is 2.12. The van der Waals surface area contributed by atoms with Crippen molar-refractivity contribution in [3.63, 3.8) is 0 Å². The molecular formula is C9H12BrNO2. The molecule has 1 aliphatic rings. The van der Waals surface area contributed by atoms with E-state index in [1.807, 2.05) is 24.3 Å². The van der Waals surface area contributed by atoms with E-state index in [4.69, 9.17) is 10.5 Å². The molecule has 0 spiro atoms. The molecule has 2 rings (SSSR count). The number of nitrogens with two attached hydrogens (primary N) is 1. The molecule has 3 nitrogen and oxygen atoms in total. The number of para-hydroxylation sites is 1. The summed E-state index contributed by atoms with van der Waals surface area (Å²) in [7, 11) is 0. The molecule has 0 bridgehead atoms. The number of halogens is 1. The summed E-state index contributed by atoms with van der Waals surface area (Å²) in [6.07, 6.45) is -0.583. The zero-order valence-electron chi connectivity index (χ0n) is 7.01. The summed E-state index contributed by atoms with van der Waals surface area (Å²) < 4.78 is 5.28. The van der Waals surface area contributed by atoms with Crippen molar-refractivity contribution in [3.8, 4) is 5.75 Å². The molecule has 1 aromatic rings. The Kier molecular flexibility index (Phi) is 3.30. The van der Waals surface area contributed by atoms with Gasteiger partial charge >= 0.3 is 0 Å². The Morgan fingerprint density at radius 3 is 2.85 bits per heavy atom. The van der Waals surface area contributed by atoms with Crippen LogP contribution in [0, 0.1) is 0 Å². The fraction of sp³-hybridized carbons (Fsp3) is 0.333. The van der Waals surface area contributed by atoms with Gasteiger partial charge in [0.1, 0.15) is 18.5 Å². The van der Waals surface area contributed by atoms with E-state index in [1.165, 1.54) is 0 Å². The van der Waals surface area contributed by atoms with Crippen molar-refractivity contribution in [3.05, 3.63) is 29.8 Å². The highest BCUT2D eigenvalue weighted by atomic mass is 79.9. The molecule has 3 N–H and O–H groups in total. The Hall–Kier alpha value is -0.580. The maximum Gasteiger partial charge on any atom is 0.124 e. The topological polar surface area (TPSA) is 55.5 Å². The smallest absolute Gasteiger partial charge is 0.124 e. The first kappa shape index (κ1) is 10.5. The molecule has 0 aromatic heterocycles. The second-order valence-corrected chi connectivity index (χ2v) is 2.94. The number of benzene rings is 1. The molecule has 2 atom stereocenters. The highest BCUT2D eigenvalue weighted by Crippen LogP contribution is 2.29. The van der Waals surface area contributed by atoms with Crippen LogP contribution in [0.1, 0.15) is 11.6 Å². The molecule has 4 heteroatoms. The normalized spacial score (nSPS) is 25.4. The minimum Gasteiger partial charge on any atom is -0.490 e. The molecule has 1 aliphatic heterocycles. The molecule has 1 heterocycles. The van der Waals surface area contributed by atoms with Crippen molar-refractivity contribution in [1.82, 2.24) is 0 Å². The van der Waals surface area contributed by atoms with Crippen molar-refractivity contribution in [2.45, 2.75) is 12.1 Å². The van der Waals surface area contributed by atoms with Crippen molar-refractivity contribution in [2.75, 3.05) is 6.61 Å². The van der Waals surface area contributed by atoms with Gasteiger partial charge in [-0.15, -0.1) is 17.0 Å². The van der Waals surface area contributed by atoms with Gasteiger partial charge < -0.3 is 15.6 Å². The predicted octanol–water partition coefficient (Wildman–Crippen LogP) is 1.02. The fourth-order valence-corrected chi connectivity index (χ4v) is 1.37. The van der Waals surface area contributed by atoms with Gasteiger partial charge in [-0.05, 0) is 6.07 Å². The molecule has 0 unspecified atom stereocenters. The van der Waals surface area contributed by atoms with Crippen molar-refractivity contribution < 1.29 is 9.84 Å². The van der Waals surface area contributed by atoms with E-state index in [9.17, 15) is 5.11 Å². The van der Waals surface area contributed by atoms with E-state index in [2.05, 4.69) is 0 Å². The van der Waals surface area contributed by atoms with Crippen molar-refractivity contribution in [2.24, 2.45) is 5.73 Å². The molecule has 0 saturated carbocycles. The summed E-state index contributed by atoms with van der Waals surface area (Å²) in [5, 5.41) is 9.37. The third kappa shape index (κ3) is 1.85. The Balaban J connectivity index is 0.000000845. The summed E-state index contributed by atoms with van der Waals surface area (Å²) in [6, 6.07) is 7.21. The fourth-order valence-electron chi connectivity index (χ4n) is 1.37. The van der Waals surface area contributed by atoms with Gasteiger partial charge in [0.15, 0.2) is 0 Å².